The molecule has 0 saturated carbocycles. The maximum Gasteiger partial charge on any atom is 0.314 e. The Morgan fingerprint density at radius 3 is 2.94 bits per heavy atom. The van der Waals surface area contributed by atoms with Gasteiger partial charge in [0, 0.05) is 13.1 Å². The van der Waals surface area contributed by atoms with Gasteiger partial charge in [-0.05, 0) is 12.6 Å². The molecule has 1 aliphatic rings. The predicted molar refractivity (Wildman–Crippen MR) is 55.1 cm³/mol. The number of carbonyl (C=O) groups is 2. The Balaban J connectivity index is 2.40. The van der Waals surface area contributed by atoms with Crippen LogP contribution < -0.4 is 5.48 Å². The number of nitrogens with one attached hydrogen (secondary N) is 1. The number of hydrogen-bond donors (Lipinski definition) is 2. The lowest BCUT2D eigenvalue weighted by Gasteiger charge is -2.12. The average Bonchev–Trinajstić information content (AvgIpc) is 2.71. The number of fused-ring (bicyclic) bond motifs is 1. The summed E-state index contributed by atoms with van der Waals surface area (Å²) in [5.41, 5.74) is 1.42. The van der Waals surface area contributed by atoms with Crippen molar-refractivity contribution in [3.63, 3.8) is 0 Å². The highest BCUT2D eigenvalue weighted by atomic mass is 16.5. The number of rotatable bonds is 2. The number of hydrogen-bond acceptors (Lipinski definition) is 5. The highest BCUT2D eigenvalue weighted by Crippen LogP contribution is 2.10. The fourth-order valence-corrected chi connectivity index (χ4v) is 1.60. The van der Waals surface area contributed by atoms with Crippen molar-refractivity contribution in [3.05, 3.63) is 24.4 Å². The minimum Gasteiger partial charge on any atom is -0.313 e. The lowest BCUT2D eigenvalue weighted by Crippen LogP contribution is -2.26. The van der Waals surface area contributed by atoms with Crippen LogP contribution in [0, 0.1) is 0 Å². The molecule has 0 saturated heterocycles. The molecule has 0 spiro atoms. The summed E-state index contributed by atoms with van der Waals surface area (Å²) in [4.78, 5) is 28.3. The molecule has 1 aliphatic heterocycles. The van der Waals surface area contributed by atoms with E-state index in [4.69, 9.17) is 5.21 Å². The normalized spacial score (nSPS) is 15.1. The molecule has 8 heteroatoms. The summed E-state index contributed by atoms with van der Waals surface area (Å²) in [6.07, 6.45) is 2.10. The Bertz CT molecular complexity index is 481. The molecule has 0 aliphatic carbocycles. The van der Waals surface area contributed by atoms with Crippen molar-refractivity contribution in [2.24, 2.45) is 0 Å². The van der Waals surface area contributed by atoms with Crippen molar-refractivity contribution >= 4 is 11.8 Å². The summed E-state index contributed by atoms with van der Waals surface area (Å²) >= 11 is 0. The van der Waals surface area contributed by atoms with E-state index in [1.54, 1.807) is 0 Å². The van der Waals surface area contributed by atoms with Crippen LogP contribution in [0.15, 0.2) is 12.8 Å². The van der Waals surface area contributed by atoms with Gasteiger partial charge in [-0.3, -0.25) is 14.8 Å². The predicted octanol–water partition coefficient (Wildman–Crippen LogP) is -0.614. The average molecular weight is 237 g/mol. The van der Waals surface area contributed by atoms with Crippen LogP contribution >= 0.6 is 0 Å². The number of amides is 2. The van der Waals surface area contributed by atoms with E-state index in [0.29, 0.717) is 19.5 Å². The molecule has 0 fully saturated rings. The number of aromatic nitrogens is 3. The summed E-state index contributed by atoms with van der Waals surface area (Å²) in [5.74, 6) is -1.37. The Kier molecular flexibility index (Phi) is 2.88. The maximum atomic E-state index is 11.9. The first kappa shape index (κ1) is 11.3. The van der Waals surface area contributed by atoms with Crippen LogP contribution in [0.25, 0.3) is 0 Å². The molecule has 2 rings (SSSR count). The summed E-state index contributed by atoms with van der Waals surface area (Å²) < 4.78 is 1.36. The Hall–Kier alpha value is -2.22. The van der Waals surface area contributed by atoms with Gasteiger partial charge in [-0.2, -0.15) is 4.98 Å². The smallest absolute Gasteiger partial charge is 0.313 e. The number of nitrogens with zero attached hydrogens (tertiary/aromatic N) is 4. The number of carbonyl (C=O) groups excluding carboxylic acids is 2. The fourth-order valence-electron chi connectivity index (χ4n) is 1.60. The third-order valence-electron chi connectivity index (χ3n) is 2.42. The standard InChI is InChI=1S/C9H11N5O3/c1-2-13-4-3-5-14-7(9(13)16)10-6(11-14)8(15)12-17/h2,17H,1,3-5H2,(H,12,15). The van der Waals surface area contributed by atoms with Gasteiger partial charge in [0.2, 0.25) is 11.6 Å². The van der Waals surface area contributed by atoms with E-state index in [0.717, 1.165) is 0 Å². The van der Waals surface area contributed by atoms with Gasteiger partial charge in [-0.25, -0.2) is 10.2 Å². The van der Waals surface area contributed by atoms with Crippen molar-refractivity contribution < 1.29 is 14.8 Å². The fraction of sp³-hybridized carbons (Fsp3) is 0.333. The first-order valence-electron chi connectivity index (χ1n) is 5.00. The Morgan fingerprint density at radius 1 is 1.53 bits per heavy atom. The van der Waals surface area contributed by atoms with Crippen molar-refractivity contribution in [2.45, 2.75) is 13.0 Å². The largest absolute Gasteiger partial charge is 0.314 e. The van der Waals surface area contributed by atoms with E-state index in [1.807, 2.05) is 0 Å². The van der Waals surface area contributed by atoms with Crippen LogP contribution in [-0.4, -0.2) is 43.2 Å². The van der Waals surface area contributed by atoms with E-state index in [1.165, 1.54) is 21.3 Å². The molecule has 17 heavy (non-hydrogen) atoms. The summed E-state index contributed by atoms with van der Waals surface area (Å²) in [7, 11) is 0. The topological polar surface area (TPSA) is 100 Å². The van der Waals surface area contributed by atoms with Gasteiger partial charge in [0.25, 0.3) is 5.91 Å². The maximum absolute atomic E-state index is 11.9. The van der Waals surface area contributed by atoms with Gasteiger partial charge in [-0.15, -0.1) is 5.10 Å². The molecule has 1 aromatic heterocycles. The lowest BCUT2D eigenvalue weighted by atomic mass is 10.4. The van der Waals surface area contributed by atoms with Crippen LogP contribution in [0.4, 0.5) is 0 Å². The van der Waals surface area contributed by atoms with Gasteiger partial charge in [0.1, 0.15) is 0 Å². The minimum absolute atomic E-state index is 0.0704. The van der Waals surface area contributed by atoms with Crippen LogP contribution in [0.1, 0.15) is 27.7 Å². The molecule has 90 valence electrons. The number of hydroxylamine groups is 1. The van der Waals surface area contributed by atoms with Crippen molar-refractivity contribution in [1.82, 2.24) is 25.1 Å². The molecular weight excluding hydrogens is 226 g/mol. The van der Waals surface area contributed by atoms with Gasteiger partial charge < -0.3 is 4.90 Å². The summed E-state index contributed by atoms with van der Waals surface area (Å²) in [5, 5.41) is 12.3. The van der Waals surface area contributed by atoms with E-state index < -0.39 is 5.91 Å². The Morgan fingerprint density at radius 2 is 2.29 bits per heavy atom. The zero-order valence-corrected chi connectivity index (χ0v) is 8.96. The summed E-state index contributed by atoms with van der Waals surface area (Å²) in [6.45, 7) is 4.56. The molecule has 0 bridgehead atoms. The van der Waals surface area contributed by atoms with Gasteiger partial charge in [0.05, 0.1) is 0 Å². The molecule has 0 atom stereocenters. The van der Waals surface area contributed by atoms with E-state index in [9.17, 15) is 9.59 Å². The van der Waals surface area contributed by atoms with Gasteiger partial charge in [0.15, 0.2) is 0 Å². The Labute approximate surface area is 96.5 Å². The SMILES string of the molecule is C=CN1CCCn2nc(C(=O)NO)nc2C1=O. The van der Waals surface area contributed by atoms with E-state index in [-0.39, 0.29) is 17.6 Å². The molecule has 2 heterocycles. The third-order valence-corrected chi connectivity index (χ3v) is 2.42. The highest BCUT2D eigenvalue weighted by Gasteiger charge is 2.26. The second-order valence-electron chi connectivity index (χ2n) is 3.46. The highest BCUT2D eigenvalue weighted by molar-refractivity contribution is 5.94. The first-order valence-corrected chi connectivity index (χ1v) is 5.00. The summed E-state index contributed by atoms with van der Waals surface area (Å²) in [6, 6.07) is 0. The molecule has 1 aromatic rings. The minimum atomic E-state index is -0.844. The third kappa shape index (κ3) is 1.89. The van der Waals surface area contributed by atoms with Crippen LogP contribution in [0.2, 0.25) is 0 Å². The quantitative estimate of drug-likeness (QED) is 0.527. The van der Waals surface area contributed by atoms with Gasteiger partial charge in [-0.1, -0.05) is 6.58 Å². The first-order chi connectivity index (χ1) is 8.17. The zero-order valence-electron chi connectivity index (χ0n) is 8.96. The van der Waals surface area contributed by atoms with Crippen molar-refractivity contribution in [2.75, 3.05) is 6.54 Å². The number of aryl methyl sites for hydroxylation is 1. The van der Waals surface area contributed by atoms with Crippen molar-refractivity contribution in [3.8, 4) is 0 Å². The van der Waals surface area contributed by atoms with Crippen LogP contribution in [0.5, 0.6) is 0 Å². The lowest BCUT2D eigenvalue weighted by molar-refractivity contribution is 0.0694. The second kappa shape index (κ2) is 4.34. The molecule has 2 amide bonds. The molecule has 0 aromatic carbocycles. The molecular formula is C9H11N5O3. The van der Waals surface area contributed by atoms with E-state index >= 15 is 0 Å². The monoisotopic (exact) mass is 237 g/mol. The van der Waals surface area contributed by atoms with Crippen LogP contribution in [0.3, 0.4) is 0 Å². The van der Waals surface area contributed by atoms with Gasteiger partial charge >= 0.3 is 5.91 Å². The molecule has 2 N–H and O–H groups in total. The molecule has 8 nitrogen and oxygen atoms in total. The van der Waals surface area contributed by atoms with Crippen molar-refractivity contribution in [1.29, 1.82) is 0 Å². The molecule has 0 radical (unpaired) electrons. The second-order valence-corrected chi connectivity index (χ2v) is 3.46. The van der Waals surface area contributed by atoms with Crippen LogP contribution in [-0.2, 0) is 6.54 Å². The molecule has 0 unspecified atom stereocenters. The zero-order chi connectivity index (χ0) is 12.4. The van der Waals surface area contributed by atoms with E-state index in [2.05, 4.69) is 16.7 Å².